The number of halogens is 1. The predicted molar refractivity (Wildman–Crippen MR) is 111 cm³/mol. The highest BCUT2D eigenvalue weighted by atomic mass is 19.1. The smallest absolute Gasteiger partial charge is 0.241 e. The number of hydrogen-bond donors (Lipinski definition) is 1. The molecule has 3 rings (SSSR count). The Hall–Kier alpha value is -2.64. The van der Waals surface area contributed by atoms with E-state index in [0.717, 1.165) is 44.2 Å². The van der Waals surface area contributed by atoms with E-state index >= 15 is 0 Å². The Balaban J connectivity index is 1.39. The SMILES string of the molecule is COc1ccc(OCCN2CCN(C(C)C(=O)Nc3ccccc3F)CC2)cc1. The molecule has 1 aliphatic heterocycles. The fourth-order valence-corrected chi connectivity index (χ4v) is 3.30. The number of piperazine rings is 1. The Morgan fingerprint density at radius 3 is 2.38 bits per heavy atom. The van der Waals surface area contributed by atoms with Gasteiger partial charge in [0.2, 0.25) is 5.91 Å². The number of nitrogens with one attached hydrogen (secondary N) is 1. The van der Waals surface area contributed by atoms with Crippen molar-refractivity contribution >= 4 is 11.6 Å². The summed E-state index contributed by atoms with van der Waals surface area (Å²) in [4.78, 5) is 16.9. The van der Waals surface area contributed by atoms with Crippen LogP contribution in [-0.4, -0.2) is 68.2 Å². The molecule has 1 fully saturated rings. The lowest BCUT2D eigenvalue weighted by Crippen LogP contribution is -2.53. The number of nitrogens with zero attached hydrogens (tertiary/aromatic N) is 2. The topological polar surface area (TPSA) is 54.0 Å². The van der Waals surface area contributed by atoms with Crippen molar-refractivity contribution in [2.75, 3.05) is 51.8 Å². The van der Waals surface area contributed by atoms with E-state index in [1.54, 1.807) is 25.3 Å². The van der Waals surface area contributed by atoms with Gasteiger partial charge in [-0.3, -0.25) is 14.6 Å². The first kappa shape index (κ1) is 21.1. The number of rotatable bonds is 8. The van der Waals surface area contributed by atoms with E-state index in [4.69, 9.17) is 9.47 Å². The third-order valence-electron chi connectivity index (χ3n) is 5.20. The zero-order valence-electron chi connectivity index (χ0n) is 16.9. The van der Waals surface area contributed by atoms with E-state index in [1.807, 2.05) is 31.2 Å². The molecule has 1 N–H and O–H groups in total. The molecule has 0 aromatic heterocycles. The van der Waals surface area contributed by atoms with Crippen molar-refractivity contribution in [2.45, 2.75) is 13.0 Å². The highest BCUT2D eigenvalue weighted by molar-refractivity contribution is 5.94. The summed E-state index contributed by atoms with van der Waals surface area (Å²) in [5.74, 6) is 1.02. The first-order valence-corrected chi connectivity index (χ1v) is 9.85. The molecule has 0 radical (unpaired) electrons. The molecule has 1 atom stereocenters. The van der Waals surface area contributed by atoms with E-state index in [9.17, 15) is 9.18 Å². The molecule has 1 aliphatic rings. The monoisotopic (exact) mass is 401 g/mol. The standard InChI is InChI=1S/C22H28FN3O3/c1-17(22(27)24-21-6-4-3-5-20(21)23)26-13-11-25(12-14-26)15-16-29-19-9-7-18(28-2)8-10-19/h3-10,17H,11-16H2,1-2H3,(H,24,27). The number of anilines is 1. The summed E-state index contributed by atoms with van der Waals surface area (Å²) in [6, 6.07) is 13.5. The van der Waals surface area contributed by atoms with Gasteiger partial charge < -0.3 is 14.8 Å². The summed E-state index contributed by atoms with van der Waals surface area (Å²) >= 11 is 0. The van der Waals surface area contributed by atoms with Crippen LogP contribution >= 0.6 is 0 Å². The lowest BCUT2D eigenvalue weighted by atomic mass is 10.2. The van der Waals surface area contributed by atoms with Gasteiger partial charge in [-0.05, 0) is 43.3 Å². The minimum Gasteiger partial charge on any atom is -0.497 e. The van der Waals surface area contributed by atoms with Gasteiger partial charge in [-0.1, -0.05) is 12.1 Å². The summed E-state index contributed by atoms with van der Waals surface area (Å²) in [5, 5.41) is 2.68. The fourth-order valence-electron chi connectivity index (χ4n) is 3.30. The zero-order valence-corrected chi connectivity index (χ0v) is 16.9. The van der Waals surface area contributed by atoms with Crippen molar-refractivity contribution in [3.63, 3.8) is 0 Å². The summed E-state index contributed by atoms with van der Waals surface area (Å²) in [6.45, 7) is 6.60. The molecule has 156 valence electrons. The largest absolute Gasteiger partial charge is 0.497 e. The summed E-state index contributed by atoms with van der Waals surface area (Å²) in [5.41, 5.74) is 0.221. The Morgan fingerprint density at radius 1 is 1.07 bits per heavy atom. The van der Waals surface area contributed by atoms with Gasteiger partial charge in [0.1, 0.15) is 23.9 Å². The third-order valence-corrected chi connectivity index (χ3v) is 5.20. The molecule has 2 aromatic carbocycles. The minimum absolute atomic E-state index is 0.189. The van der Waals surface area contributed by atoms with Crippen molar-refractivity contribution in [1.82, 2.24) is 9.80 Å². The van der Waals surface area contributed by atoms with E-state index in [-0.39, 0.29) is 17.6 Å². The van der Waals surface area contributed by atoms with Gasteiger partial charge in [0.15, 0.2) is 0 Å². The average molecular weight is 401 g/mol. The molecule has 1 saturated heterocycles. The number of benzene rings is 2. The highest BCUT2D eigenvalue weighted by Crippen LogP contribution is 2.17. The van der Waals surface area contributed by atoms with Gasteiger partial charge in [-0.15, -0.1) is 0 Å². The normalized spacial score (nSPS) is 16.2. The van der Waals surface area contributed by atoms with Crippen LogP contribution in [-0.2, 0) is 4.79 Å². The molecule has 1 amide bonds. The maximum Gasteiger partial charge on any atom is 0.241 e. The van der Waals surface area contributed by atoms with E-state index in [0.29, 0.717) is 6.61 Å². The van der Waals surface area contributed by atoms with Crippen molar-refractivity contribution in [1.29, 1.82) is 0 Å². The van der Waals surface area contributed by atoms with Gasteiger partial charge in [-0.2, -0.15) is 0 Å². The Morgan fingerprint density at radius 2 is 1.72 bits per heavy atom. The lowest BCUT2D eigenvalue weighted by Gasteiger charge is -2.37. The molecule has 0 aliphatic carbocycles. The van der Waals surface area contributed by atoms with Crippen LogP contribution in [0.5, 0.6) is 11.5 Å². The second-order valence-electron chi connectivity index (χ2n) is 7.05. The van der Waals surface area contributed by atoms with Crippen LogP contribution in [0.4, 0.5) is 10.1 Å². The Kier molecular flexibility index (Phi) is 7.43. The number of carbonyl (C=O) groups excluding carboxylic acids is 1. The molecule has 29 heavy (non-hydrogen) atoms. The van der Waals surface area contributed by atoms with Gasteiger partial charge in [0.05, 0.1) is 18.8 Å². The van der Waals surface area contributed by atoms with Crippen LogP contribution in [0.2, 0.25) is 0 Å². The molecule has 1 heterocycles. The van der Waals surface area contributed by atoms with E-state index in [1.165, 1.54) is 6.07 Å². The lowest BCUT2D eigenvalue weighted by molar-refractivity contribution is -0.121. The molecule has 6 nitrogen and oxygen atoms in total. The third kappa shape index (κ3) is 5.92. The Bertz CT molecular complexity index is 792. The molecule has 2 aromatic rings. The van der Waals surface area contributed by atoms with E-state index < -0.39 is 5.82 Å². The average Bonchev–Trinajstić information content (AvgIpc) is 2.76. The van der Waals surface area contributed by atoms with Crippen LogP contribution in [0.25, 0.3) is 0 Å². The molecule has 0 saturated carbocycles. The quantitative estimate of drug-likeness (QED) is 0.737. The number of carbonyl (C=O) groups is 1. The maximum atomic E-state index is 13.7. The molecule has 0 bridgehead atoms. The molecular weight excluding hydrogens is 373 g/mol. The maximum absolute atomic E-state index is 13.7. The Labute approximate surface area is 171 Å². The summed E-state index contributed by atoms with van der Waals surface area (Å²) in [7, 11) is 1.64. The first-order valence-electron chi connectivity index (χ1n) is 9.85. The predicted octanol–water partition coefficient (Wildman–Crippen LogP) is 2.86. The summed E-state index contributed by atoms with van der Waals surface area (Å²) < 4.78 is 24.7. The number of hydrogen-bond acceptors (Lipinski definition) is 5. The fraction of sp³-hybridized carbons (Fsp3) is 0.409. The van der Waals surface area contributed by atoms with Crippen molar-refractivity contribution in [3.05, 3.63) is 54.3 Å². The minimum atomic E-state index is -0.422. The van der Waals surface area contributed by atoms with Crippen LogP contribution in [0.3, 0.4) is 0 Å². The molecule has 7 heteroatoms. The molecule has 1 unspecified atom stereocenters. The zero-order chi connectivity index (χ0) is 20.6. The molecule has 0 spiro atoms. The number of methoxy groups -OCH3 is 1. The van der Waals surface area contributed by atoms with Crippen molar-refractivity contribution in [2.24, 2.45) is 0 Å². The van der Waals surface area contributed by atoms with E-state index in [2.05, 4.69) is 15.1 Å². The van der Waals surface area contributed by atoms with Gasteiger partial charge in [0.25, 0.3) is 0 Å². The van der Waals surface area contributed by atoms with Crippen molar-refractivity contribution in [3.8, 4) is 11.5 Å². The second kappa shape index (κ2) is 10.2. The van der Waals surface area contributed by atoms with Crippen LogP contribution < -0.4 is 14.8 Å². The van der Waals surface area contributed by atoms with Crippen molar-refractivity contribution < 1.29 is 18.7 Å². The van der Waals surface area contributed by atoms with Gasteiger partial charge >= 0.3 is 0 Å². The van der Waals surface area contributed by atoms with Crippen LogP contribution in [0.15, 0.2) is 48.5 Å². The first-order chi connectivity index (χ1) is 14.1. The van der Waals surface area contributed by atoms with Gasteiger partial charge in [0, 0.05) is 32.7 Å². The molecular formula is C22H28FN3O3. The highest BCUT2D eigenvalue weighted by Gasteiger charge is 2.25. The van der Waals surface area contributed by atoms with Crippen LogP contribution in [0, 0.1) is 5.82 Å². The summed E-state index contributed by atoms with van der Waals surface area (Å²) in [6.07, 6.45) is 0. The second-order valence-corrected chi connectivity index (χ2v) is 7.05. The number of para-hydroxylation sites is 1. The number of amides is 1. The number of ether oxygens (including phenoxy) is 2. The van der Waals surface area contributed by atoms with Crippen LogP contribution in [0.1, 0.15) is 6.92 Å². The van der Waals surface area contributed by atoms with Gasteiger partial charge in [-0.25, -0.2) is 4.39 Å².